The van der Waals surface area contributed by atoms with Crippen molar-refractivity contribution in [1.29, 1.82) is 0 Å². The Bertz CT molecular complexity index is 556. The first-order valence-corrected chi connectivity index (χ1v) is 5.72. The maximum absolute atomic E-state index is 13.3. The molecule has 2 rings (SSSR count). The molecule has 0 aliphatic heterocycles. The van der Waals surface area contributed by atoms with Crippen LogP contribution in [0.15, 0.2) is 24.4 Å². The van der Waals surface area contributed by atoms with Crippen LogP contribution in [0.25, 0.3) is 0 Å². The van der Waals surface area contributed by atoms with Gasteiger partial charge in [-0.1, -0.05) is 11.6 Å². The molecule has 0 fully saturated rings. The number of halogens is 2. The summed E-state index contributed by atoms with van der Waals surface area (Å²) in [7, 11) is 3.32. The minimum absolute atomic E-state index is 0.352. The van der Waals surface area contributed by atoms with E-state index < -0.39 is 0 Å². The Hall–Kier alpha value is -1.75. The van der Waals surface area contributed by atoms with E-state index in [9.17, 15) is 4.39 Å². The second kappa shape index (κ2) is 5.27. The molecule has 1 heterocycles. The highest BCUT2D eigenvalue weighted by Gasteiger charge is 2.05. The van der Waals surface area contributed by atoms with Crippen LogP contribution in [0.1, 0.15) is 5.82 Å². The van der Waals surface area contributed by atoms with Crippen molar-refractivity contribution >= 4 is 17.3 Å². The first-order chi connectivity index (χ1) is 8.60. The Morgan fingerprint density at radius 1 is 1.44 bits per heavy atom. The molecule has 1 N–H and O–H groups in total. The molecule has 0 aliphatic carbocycles. The molecule has 0 amide bonds. The predicted octanol–water partition coefficient (Wildman–Crippen LogP) is 2.83. The summed E-state index contributed by atoms with van der Waals surface area (Å²) in [5.74, 6) is 0.883. The van der Waals surface area contributed by atoms with Gasteiger partial charge in [-0.05, 0) is 6.07 Å². The van der Waals surface area contributed by atoms with Gasteiger partial charge < -0.3 is 14.6 Å². The van der Waals surface area contributed by atoms with Crippen LogP contribution in [0.5, 0.6) is 5.75 Å². The number of imidazole rings is 1. The van der Waals surface area contributed by atoms with Gasteiger partial charge in [0.25, 0.3) is 0 Å². The van der Waals surface area contributed by atoms with Gasteiger partial charge in [-0.15, -0.1) is 0 Å². The Labute approximate surface area is 109 Å². The smallest absolute Gasteiger partial charge is 0.128 e. The van der Waals surface area contributed by atoms with Crippen LogP contribution >= 0.6 is 11.6 Å². The van der Waals surface area contributed by atoms with E-state index in [2.05, 4.69) is 10.3 Å². The summed E-state index contributed by atoms with van der Waals surface area (Å²) < 4.78 is 20.0. The lowest BCUT2D eigenvalue weighted by Gasteiger charge is -2.08. The van der Waals surface area contributed by atoms with E-state index in [-0.39, 0.29) is 5.82 Å². The van der Waals surface area contributed by atoms with Gasteiger partial charge in [-0.2, -0.15) is 0 Å². The molecule has 2 aromatic rings. The van der Waals surface area contributed by atoms with E-state index in [1.807, 2.05) is 7.05 Å². The van der Waals surface area contributed by atoms with E-state index in [1.165, 1.54) is 19.2 Å². The monoisotopic (exact) mass is 269 g/mol. The number of nitrogens with zero attached hydrogens (tertiary/aromatic N) is 2. The maximum atomic E-state index is 13.3. The number of hydrogen-bond donors (Lipinski definition) is 1. The minimum Gasteiger partial charge on any atom is -0.497 e. The Morgan fingerprint density at radius 2 is 2.22 bits per heavy atom. The average molecular weight is 270 g/mol. The number of aromatic nitrogens is 2. The number of nitrogens with one attached hydrogen (secondary N) is 1. The molecule has 1 aromatic carbocycles. The Kier molecular flexibility index (Phi) is 3.72. The maximum Gasteiger partial charge on any atom is 0.128 e. The van der Waals surface area contributed by atoms with Gasteiger partial charge in [-0.25, -0.2) is 9.37 Å². The summed E-state index contributed by atoms with van der Waals surface area (Å²) in [6.45, 7) is 0.454. The third-order valence-electron chi connectivity index (χ3n) is 2.59. The highest BCUT2D eigenvalue weighted by molar-refractivity contribution is 6.29. The lowest BCUT2D eigenvalue weighted by Crippen LogP contribution is -2.06. The van der Waals surface area contributed by atoms with E-state index >= 15 is 0 Å². The van der Waals surface area contributed by atoms with Gasteiger partial charge in [0.05, 0.1) is 19.9 Å². The van der Waals surface area contributed by atoms with Crippen molar-refractivity contribution in [1.82, 2.24) is 9.55 Å². The molecule has 0 aliphatic rings. The van der Waals surface area contributed by atoms with Crippen molar-refractivity contribution in [3.8, 4) is 5.75 Å². The third-order valence-corrected chi connectivity index (χ3v) is 2.94. The van der Waals surface area contributed by atoms with Crippen molar-refractivity contribution < 1.29 is 9.13 Å². The number of ether oxygens (including phenoxy) is 1. The van der Waals surface area contributed by atoms with E-state index in [1.54, 1.807) is 16.8 Å². The van der Waals surface area contributed by atoms with Crippen LogP contribution in [0.4, 0.5) is 10.1 Å². The van der Waals surface area contributed by atoms with Crippen LogP contribution in [-0.2, 0) is 13.6 Å². The summed E-state index contributed by atoms with van der Waals surface area (Å²) in [6.07, 6.45) is 1.57. The molecular formula is C12H13ClFN3O. The second-order valence-electron chi connectivity index (χ2n) is 3.79. The fraction of sp³-hybridized carbons (Fsp3) is 0.250. The van der Waals surface area contributed by atoms with Crippen LogP contribution < -0.4 is 10.1 Å². The van der Waals surface area contributed by atoms with Crippen LogP contribution in [0.2, 0.25) is 5.15 Å². The van der Waals surface area contributed by atoms with Crippen molar-refractivity contribution in [3.63, 3.8) is 0 Å². The fourth-order valence-corrected chi connectivity index (χ4v) is 1.70. The summed E-state index contributed by atoms with van der Waals surface area (Å²) in [5, 5.41) is 3.63. The quantitative estimate of drug-likeness (QED) is 0.928. The zero-order valence-electron chi connectivity index (χ0n) is 10.1. The molecule has 0 saturated heterocycles. The van der Waals surface area contributed by atoms with Crippen molar-refractivity contribution in [2.24, 2.45) is 7.05 Å². The topological polar surface area (TPSA) is 39.1 Å². The zero-order chi connectivity index (χ0) is 13.1. The van der Waals surface area contributed by atoms with Gasteiger partial charge in [0.15, 0.2) is 0 Å². The summed E-state index contributed by atoms with van der Waals surface area (Å²) >= 11 is 5.88. The minimum atomic E-state index is -0.352. The summed E-state index contributed by atoms with van der Waals surface area (Å²) in [4.78, 5) is 4.14. The molecule has 18 heavy (non-hydrogen) atoms. The molecule has 96 valence electrons. The van der Waals surface area contributed by atoms with Crippen LogP contribution in [-0.4, -0.2) is 16.7 Å². The normalized spacial score (nSPS) is 10.4. The van der Waals surface area contributed by atoms with Gasteiger partial charge in [0, 0.05) is 24.9 Å². The SMILES string of the molecule is COc1cc(F)cc(NCc2ncc(Cl)n2C)c1. The fourth-order valence-electron chi connectivity index (χ4n) is 1.55. The molecule has 0 radical (unpaired) electrons. The lowest BCUT2D eigenvalue weighted by atomic mass is 10.3. The van der Waals surface area contributed by atoms with E-state index in [0.29, 0.717) is 23.1 Å². The van der Waals surface area contributed by atoms with Gasteiger partial charge in [-0.3, -0.25) is 0 Å². The number of anilines is 1. The molecular weight excluding hydrogens is 257 g/mol. The molecule has 0 bridgehead atoms. The first-order valence-electron chi connectivity index (χ1n) is 5.34. The van der Waals surface area contributed by atoms with Crippen LogP contribution in [0.3, 0.4) is 0 Å². The first kappa shape index (κ1) is 12.7. The van der Waals surface area contributed by atoms with Crippen molar-refractivity contribution in [2.45, 2.75) is 6.54 Å². The van der Waals surface area contributed by atoms with Crippen molar-refractivity contribution in [2.75, 3.05) is 12.4 Å². The Balaban J connectivity index is 2.10. The molecule has 6 heteroatoms. The number of hydrogen-bond acceptors (Lipinski definition) is 3. The van der Waals surface area contributed by atoms with Gasteiger partial charge in [0.2, 0.25) is 0 Å². The van der Waals surface area contributed by atoms with Gasteiger partial charge >= 0.3 is 0 Å². The largest absolute Gasteiger partial charge is 0.497 e. The Morgan fingerprint density at radius 3 is 2.83 bits per heavy atom. The molecule has 0 saturated carbocycles. The number of rotatable bonds is 4. The average Bonchev–Trinajstić information content (AvgIpc) is 2.67. The standard InChI is InChI=1S/C12H13ClFN3O/c1-17-11(13)6-16-12(17)7-15-9-3-8(14)4-10(5-9)18-2/h3-6,15H,7H2,1-2H3. The zero-order valence-corrected chi connectivity index (χ0v) is 10.8. The molecule has 0 unspecified atom stereocenters. The number of benzene rings is 1. The molecule has 4 nitrogen and oxygen atoms in total. The van der Waals surface area contributed by atoms with E-state index in [4.69, 9.17) is 16.3 Å². The highest BCUT2D eigenvalue weighted by Crippen LogP contribution is 2.20. The van der Waals surface area contributed by atoms with Crippen molar-refractivity contribution in [3.05, 3.63) is 41.2 Å². The molecule has 0 spiro atoms. The summed E-state index contributed by atoms with van der Waals surface area (Å²) in [6, 6.07) is 4.43. The number of methoxy groups -OCH3 is 1. The molecule has 1 aromatic heterocycles. The van der Waals surface area contributed by atoms with Gasteiger partial charge in [0.1, 0.15) is 22.5 Å². The van der Waals surface area contributed by atoms with Crippen LogP contribution in [0, 0.1) is 5.82 Å². The third kappa shape index (κ3) is 2.73. The van der Waals surface area contributed by atoms with E-state index in [0.717, 1.165) is 5.82 Å². The summed E-state index contributed by atoms with van der Waals surface area (Å²) in [5.41, 5.74) is 0.631. The highest BCUT2D eigenvalue weighted by atomic mass is 35.5. The second-order valence-corrected chi connectivity index (χ2v) is 4.18. The predicted molar refractivity (Wildman–Crippen MR) is 68.5 cm³/mol. The lowest BCUT2D eigenvalue weighted by molar-refractivity contribution is 0.411. The molecule has 0 atom stereocenters.